The highest BCUT2D eigenvalue weighted by Gasteiger charge is 2.19. The first kappa shape index (κ1) is 17.9. The molecular weight excluding hydrogens is 357 g/mol. The topological polar surface area (TPSA) is 83.6 Å². The Balaban J connectivity index is 1.62. The largest absolute Gasteiger partial charge is 0.322 e. The quantitative estimate of drug-likeness (QED) is 0.752. The van der Waals surface area contributed by atoms with E-state index in [0.717, 1.165) is 38.1 Å². The fourth-order valence-corrected chi connectivity index (χ4v) is 3.36. The molecule has 6 nitrogen and oxygen atoms in total. The van der Waals surface area contributed by atoms with Crippen LogP contribution in [0.1, 0.15) is 41.0 Å². The van der Waals surface area contributed by atoms with Crippen LogP contribution < -0.4 is 5.32 Å². The Bertz CT molecular complexity index is 1070. The van der Waals surface area contributed by atoms with Crippen molar-refractivity contribution in [1.29, 1.82) is 5.26 Å². The number of hydrogen-bond acceptors (Lipinski definition) is 4. The lowest BCUT2D eigenvalue weighted by atomic mass is 10.1. The molecule has 1 aliphatic heterocycles. The Morgan fingerprint density at radius 2 is 1.93 bits per heavy atom. The average Bonchev–Trinajstić information content (AvgIpc) is 2.97. The van der Waals surface area contributed by atoms with E-state index in [1.165, 1.54) is 12.1 Å². The molecule has 2 aromatic carbocycles. The van der Waals surface area contributed by atoms with Crippen LogP contribution in [0.25, 0.3) is 11.4 Å². The maximum atomic E-state index is 14.5. The molecule has 0 fully saturated rings. The number of benzene rings is 2. The minimum Gasteiger partial charge on any atom is -0.322 e. The summed E-state index contributed by atoms with van der Waals surface area (Å²) in [5.41, 5.74) is 1.68. The third kappa shape index (κ3) is 3.49. The Labute approximate surface area is 161 Å². The lowest BCUT2D eigenvalue weighted by Gasteiger charge is -2.10. The summed E-state index contributed by atoms with van der Waals surface area (Å²) >= 11 is 0. The molecule has 0 atom stereocenters. The van der Waals surface area contributed by atoms with Gasteiger partial charge in [0.2, 0.25) is 0 Å². The van der Waals surface area contributed by atoms with E-state index in [4.69, 9.17) is 5.26 Å². The highest BCUT2D eigenvalue weighted by molar-refractivity contribution is 6.04. The van der Waals surface area contributed by atoms with E-state index < -0.39 is 5.82 Å². The molecule has 7 heteroatoms. The van der Waals surface area contributed by atoms with E-state index in [2.05, 4.69) is 15.5 Å². The SMILES string of the molecule is N#Cc1ccc(C(=O)Nc2ccc(F)c(-c3nnc4n3CCCCC4)c2)cc1. The van der Waals surface area contributed by atoms with Gasteiger partial charge in [0.15, 0.2) is 5.82 Å². The highest BCUT2D eigenvalue weighted by atomic mass is 19.1. The summed E-state index contributed by atoms with van der Waals surface area (Å²) in [4.78, 5) is 12.5. The number of halogens is 1. The number of nitrogens with one attached hydrogen (secondary N) is 1. The van der Waals surface area contributed by atoms with Gasteiger partial charge in [0.05, 0.1) is 17.2 Å². The van der Waals surface area contributed by atoms with Gasteiger partial charge in [-0.15, -0.1) is 10.2 Å². The molecule has 140 valence electrons. The molecule has 0 aliphatic carbocycles. The number of aryl methyl sites for hydroxylation is 1. The number of anilines is 1. The zero-order valence-electron chi connectivity index (χ0n) is 15.2. The van der Waals surface area contributed by atoms with E-state index in [9.17, 15) is 9.18 Å². The van der Waals surface area contributed by atoms with Gasteiger partial charge in [0.1, 0.15) is 11.6 Å². The number of aromatic nitrogens is 3. The van der Waals surface area contributed by atoms with Gasteiger partial charge in [0, 0.05) is 24.2 Å². The predicted molar refractivity (Wildman–Crippen MR) is 102 cm³/mol. The molecule has 1 aromatic heterocycles. The maximum absolute atomic E-state index is 14.5. The van der Waals surface area contributed by atoms with Crippen molar-refractivity contribution >= 4 is 11.6 Å². The molecule has 0 saturated heterocycles. The summed E-state index contributed by atoms with van der Waals surface area (Å²) < 4.78 is 16.5. The second-order valence-electron chi connectivity index (χ2n) is 6.74. The van der Waals surface area contributed by atoms with Crippen molar-refractivity contribution in [3.63, 3.8) is 0 Å². The Morgan fingerprint density at radius 1 is 1.11 bits per heavy atom. The number of amides is 1. The number of fused-ring (bicyclic) bond motifs is 1. The zero-order valence-corrected chi connectivity index (χ0v) is 15.2. The first-order chi connectivity index (χ1) is 13.7. The van der Waals surface area contributed by atoms with Gasteiger partial charge >= 0.3 is 0 Å². The van der Waals surface area contributed by atoms with E-state index in [-0.39, 0.29) is 5.91 Å². The molecule has 4 rings (SSSR count). The summed E-state index contributed by atoms with van der Waals surface area (Å²) in [7, 11) is 0. The molecule has 3 aromatic rings. The van der Waals surface area contributed by atoms with Crippen molar-refractivity contribution in [2.24, 2.45) is 0 Å². The monoisotopic (exact) mass is 375 g/mol. The lowest BCUT2D eigenvalue weighted by molar-refractivity contribution is 0.102. The molecule has 0 radical (unpaired) electrons. The number of carbonyl (C=O) groups excluding carboxylic acids is 1. The maximum Gasteiger partial charge on any atom is 0.255 e. The number of nitrogens with zero attached hydrogens (tertiary/aromatic N) is 4. The number of rotatable bonds is 3. The van der Waals surface area contributed by atoms with Crippen LogP contribution in [0.15, 0.2) is 42.5 Å². The molecule has 28 heavy (non-hydrogen) atoms. The smallest absolute Gasteiger partial charge is 0.255 e. The normalized spacial score (nSPS) is 13.3. The molecule has 0 spiro atoms. The summed E-state index contributed by atoms with van der Waals surface area (Å²) in [6.45, 7) is 0.763. The molecule has 0 saturated carbocycles. The molecule has 1 amide bonds. The molecule has 1 N–H and O–H groups in total. The Hall–Kier alpha value is -3.53. The van der Waals surface area contributed by atoms with Crippen molar-refractivity contribution < 1.29 is 9.18 Å². The summed E-state index contributed by atoms with van der Waals surface area (Å²) in [6.07, 6.45) is 4.02. The average molecular weight is 375 g/mol. The number of nitriles is 1. The fraction of sp³-hybridized carbons (Fsp3) is 0.238. The van der Waals surface area contributed by atoms with Gasteiger partial charge in [-0.2, -0.15) is 5.26 Å². The summed E-state index contributed by atoms with van der Waals surface area (Å²) in [6, 6.07) is 12.8. The van der Waals surface area contributed by atoms with Crippen LogP contribution in [0.3, 0.4) is 0 Å². The van der Waals surface area contributed by atoms with Crippen LogP contribution in [0.5, 0.6) is 0 Å². The van der Waals surface area contributed by atoms with Gasteiger partial charge < -0.3 is 9.88 Å². The van der Waals surface area contributed by atoms with E-state index in [0.29, 0.717) is 28.2 Å². The first-order valence-electron chi connectivity index (χ1n) is 9.19. The van der Waals surface area contributed by atoms with Crippen LogP contribution in [0.2, 0.25) is 0 Å². The second-order valence-corrected chi connectivity index (χ2v) is 6.74. The van der Waals surface area contributed by atoms with Crippen molar-refractivity contribution in [2.45, 2.75) is 32.2 Å². The van der Waals surface area contributed by atoms with Crippen LogP contribution in [0.4, 0.5) is 10.1 Å². The van der Waals surface area contributed by atoms with Crippen LogP contribution in [-0.4, -0.2) is 20.7 Å². The van der Waals surface area contributed by atoms with E-state index in [1.807, 2.05) is 10.6 Å². The summed E-state index contributed by atoms with van der Waals surface area (Å²) in [5.74, 6) is 0.626. The van der Waals surface area contributed by atoms with Crippen LogP contribution in [0, 0.1) is 17.1 Å². The van der Waals surface area contributed by atoms with Crippen molar-refractivity contribution in [3.8, 4) is 17.5 Å². The molecular formula is C21H18FN5O. The molecule has 0 bridgehead atoms. The van der Waals surface area contributed by atoms with Crippen molar-refractivity contribution in [1.82, 2.24) is 14.8 Å². The standard InChI is InChI=1S/C21H18FN5O/c22-18-10-9-16(24-21(28)15-7-5-14(13-23)6-8-15)12-17(18)20-26-25-19-4-2-1-3-11-27(19)20/h5-10,12H,1-4,11H2,(H,24,28). The fourth-order valence-electron chi connectivity index (χ4n) is 3.36. The van der Waals surface area contributed by atoms with Gasteiger partial charge in [-0.1, -0.05) is 6.42 Å². The predicted octanol–water partition coefficient (Wildman–Crippen LogP) is 3.93. The van der Waals surface area contributed by atoms with Crippen LogP contribution in [-0.2, 0) is 13.0 Å². The van der Waals surface area contributed by atoms with Gasteiger partial charge in [-0.25, -0.2) is 4.39 Å². The Morgan fingerprint density at radius 3 is 2.71 bits per heavy atom. The third-order valence-corrected chi connectivity index (χ3v) is 4.85. The number of hydrogen-bond donors (Lipinski definition) is 1. The highest BCUT2D eigenvalue weighted by Crippen LogP contribution is 2.27. The molecule has 0 unspecified atom stereocenters. The molecule has 1 aliphatic rings. The van der Waals surface area contributed by atoms with E-state index >= 15 is 0 Å². The lowest BCUT2D eigenvalue weighted by Crippen LogP contribution is -2.12. The van der Waals surface area contributed by atoms with Crippen LogP contribution >= 0.6 is 0 Å². The van der Waals surface area contributed by atoms with Gasteiger partial charge in [-0.3, -0.25) is 4.79 Å². The third-order valence-electron chi connectivity index (χ3n) is 4.85. The van der Waals surface area contributed by atoms with Crippen molar-refractivity contribution in [2.75, 3.05) is 5.32 Å². The van der Waals surface area contributed by atoms with Gasteiger partial charge in [0.25, 0.3) is 5.91 Å². The van der Waals surface area contributed by atoms with Crippen molar-refractivity contribution in [3.05, 3.63) is 65.2 Å². The second kappa shape index (κ2) is 7.61. The Kier molecular flexibility index (Phi) is 4.85. The van der Waals surface area contributed by atoms with E-state index in [1.54, 1.807) is 30.3 Å². The first-order valence-corrected chi connectivity index (χ1v) is 9.19. The zero-order chi connectivity index (χ0) is 19.5. The minimum atomic E-state index is -0.407. The van der Waals surface area contributed by atoms with Gasteiger partial charge in [-0.05, 0) is 55.3 Å². The number of carbonyl (C=O) groups is 1. The molecule has 2 heterocycles. The summed E-state index contributed by atoms with van der Waals surface area (Å²) in [5, 5.41) is 20.0. The minimum absolute atomic E-state index is 0.318.